The second-order valence-electron chi connectivity index (χ2n) is 10.1. The highest BCUT2D eigenvalue weighted by molar-refractivity contribution is 5.76. The minimum Gasteiger partial charge on any atom is -0.379 e. The number of anilines is 4. The Kier molecular flexibility index (Phi) is 9.49. The molecule has 0 bridgehead atoms. The number of nitrogens with zero attached hydrogens (tertiary/aromatic N) is 5. The van der Waals surface area contributed by atoms with Gasteiger partial charge in [0.25, 0.3) is 0 Å². The molecule has 39 heavy (non-hydrogen) atoms. The maximum Gasteiger partial charge on any atom is 0.421 e. The molecule has 2 fully saturated rings. The number of halogens is 3. The van der Waals surface area contributed by atoms with Crippen LogP contribution in [0.5, 0.6) is 0 Å². The number of alkyl halides is 3. The van der Waals surface area contributed by atoms with E-state index in [2.05, 4.69) is 50.4 Å². The summed E-state index contributed by atoms with van der Waals surface area (Å²) in [6.07, 6.45) is -2.26. The van der Waals surface area contributed by atoms with Crippen molar-refractivity contribution in [3.8, 4) is 0 Å². The number of amides is 1. The minimum absolute atomic E-state index is 0.00294. The Labute approximate surface area is 227 Å². The van der Waals surface area contributed by atoms with Gasteiger partial charge in [-0.25, -0.2) is 4.98 Å². The molecular weight excluding hydrogens is 511 g/mol. The summed E-state index contributed by atoms with van der Waals surface area (Å²) in [5.74, 6) is -0.205. The summed E-state index contributed by atoms with van der Waals surface area (Å²) in [4.78, 5) is 26.7. The number of benzene rings is 1. The summed E-state index contributed by atoms with van der Waals surface area (Å²) < 4.78 is 46.4. The van der Waals surface area contributed by atoms with Crippen LogP contribution in [0.25, 0.3) is 0 Å². The lowest BCUT2D eigenvalue weighted by Crippen LogP contribution is -2.50. The quantitative estimate of drug-likeness (QED) is 0.455. The van der Waals surface area contributed by atoms with Crippen LogP contribution in [0.1, 0.15) is 37.8 Å². The molecule has 2 N–H and O–H groups in total. The van der Waals surface area contributed by atoms with Crippen LogP contribution in [-0.2, 0) is 22.1 Å². The Balaban J connectivity index is 1.45. The van der Waals surface area contributed by atoms with E-state index in [1.54, 1.807) is 4.90 Å². The third-order valence-corrected chi connectivity index (χ3v) is 7.19. The zero-order valence-corrected chi connectivity index (χ0v) is 22.9. The number of hydrogen-bond acceptors (Lipinski definition) is 8. The Morgan fingerprint density at radius 3 is 2.74 bits per heavy atom. The van der Waals surface area contributed by atoms with E-state index in [9.17, 15) is 18.0 Å². The van der Waals surface area contributed by atoms with Crippen molar-refractivity contribution in [3.05, 3.63) is 35.5 Å². The van der Waals surface area contributed by atoms with Crippen LogP contribution in [-0.4, -0.2) is 91.2 Å². The van der Waals surface area contributed by atoms with Gasteiger partial charge >= 0.3 is 6.18 Å². The maximum atomic E-state index is 13.7. The number of likely N-dealkylation sites (N-methyl/N-ethyl adjacent to an activating group) is 1. The molecule has 1 atom stereocenters. The maximum absolute atomic E-state index is 13.7. The first-order valence-electron chi connectivity index (χ1n) is 13.5. The Bertz CT molecular complexity index is 1130. The van der Waals surface area contributed by atoms with Crippen molar-refractivity contribution in [2.24, 2.45) is 0 Å². The van der Waals surface area contributed by atoms with Gasteiger partial charge in [-0.1, -0.05) is 6.92 Å². The van der Waals surface area contributed by atoms with E-state index in [4.69, 9.17) is 4.74 Å². The van der Waals surface area contributed by atoms with Gasteiger partial charge in [-0.15, -0.1) is 0 Å². The van der Waals surface area contributed by atoms with E-state index in [1.807, 2.05) is 19.1 Å². The van der Waals surface area contributed by atoms with Gasteiger partial charge in [0.15, 0.2) is 0 Å². The third kappa shape index (κ3) is 7.51. The first kappa shape index (κ1) is 28.9. The van der Waals surface area contributed by atoms with Crippen LogP contribution in [0, 0.1) is 0 Å². The highest BCUT2D eigenvalue weighted by Crippen LogP contribution is 2.34. The SMILES string of the molecule is CCc1cc(N2CCN(C)C[C@H]2C)ccc1Nc1ncc(C(F)(F)F)c(NCCCN2CCOCCC2=O)n1. The van der Waals surface area contributed by atoms with Crippen molar-refractivity contribution in [2.75, 3.05) is 75.1 Å². The van der Waals surface area contributed by atoms with Crippen molar-refractivity contribution in [1.82, 2.24) is 19.8 Å². The number of piperazine rings is 1. The van der Waals surface area contributed by atoms with Crippen molar-refractivity contribution >= 4 is 29.0 Å². The fourth-order valence-corrected chi connectivity index (χ4v) is 5.03. The molecule has 12 heteroatoms. The molecular formula is C27H38F3N7O2. The molecule has 1 aromatic heterocycles. The highest BCUT2D eigenvalue weighted by Gasteiger charge is 2.35. The largest absolute Gasteiger partial charge is 0.421 e. The Hall–Kier alpha value is -3.12. The molecule has 0 radical (unpaired) electrons. The molecule has 2 saturated heterocycles. The molecule has 0 saturated carbocycles. The Morgan fingerprint density at radius 1 is 1.18 bits per heavy atom. The van der Waals surface area contributed by atoms with E-state index in [1.165, 1.54) is 0 Å². The number of aromatic nitrogens is 2. The Morgan fingerprint density at radius 2 is 2.00 bits per heavy atom. The number of hydrogen-bond donors (Lipinski definition) is 2. The number of aryl methyl sites for hydroxylation is 1. The van der Waals surface area contributed by atoms with Gasteiger partial charge in [0.1, 0.15) is 11.4 Å². The van der Waals surface area contributed by atoms with Gasteiger partial charge in [-0.2, -0.15) is 18.2 Å². The van der Waals surface area contributed by atoms with Gasteiger partial charge in [0.2, 0.25) is 11.9 Å². The van der Waals surface area contributed by atoms with E-state index in [0.29, 0.717) is 45.2 Å². The molecule has 2 aliphatic heterocycles. The average Bonchev–Trinajstić information content (AvgIpc) is 3.10. The monoisotopic (exact) mass is 549 g/mol. The molecule has 9 nitrogen and oxygen atoms in total. The summed E-state index contributed by atoms with van der Waals surface area (Å²) in [6.45, 7) is 9.17. The first-order valence-corrected chi connectivity index (χ1v) is 13.5. The van der Waals surface area contributed by atoms with Crippen LogP contribution in [0.2, 0.25) is 0 Å². The molecule has 214 valence electrons. The van der Waals surface area contributed by atoms with E-state index in [0.717, 1.165) is 49.2 Å². The number of ether oxygens (including phenoxy) is 1. The first-order chi connectivity index (χ1) is 18.7. The molecule has 2 aliphatic rings. The summed E-state index contributed by atoms with van der Waals surface area (Å²) >= 11 is 0. The van der Waals surface area contributed by atoms with Crippen molar-refractivity contribution in [1.29, 1.82) is 0 Å². The smallest absolute Gasteiger partial charge is 0.379 e. The van der Waals surface area contributed by atoms with Gasteiger partial charge < -0.3 is 30.1 Å². The topological polar surface area (TPSA) is 85.9 Å². The minimum atomic E-state index is -4.60. The lowest BCUT2D eigenvalue weighted by atomic mass is 10.1. The van der Waals surface area contributed by atoms with Gasteiger partial charge in [-0.05, 0) is 50.6 Å². The molecule has 0 unspecified atom stereocenters. The van der Waals surface area contributed by atoms with Gasteiger partial charge in [0.05, 0.1) is 19.6 Å². The molecule has 2 aromatic rings. The van der Waals surface area contributed by atoms with Gasteiger partial charge in [0, 0.05) is 62.9 Å². The lowest BCUT2D eigenvalue weighted by Gasteiger charge is -2.40. The molecule has 4 rings (SSSR count). The number of carbonyl (C=O) groups excluding carboxylic acids is 1. The number of carbonyl (C=O) groups is 1. The normalized spacial score (nSPS) is 19.2. The van der Waals surface area contributed by atoms with Crippen LogP contribution < -0.4 is 15.5 Å². The lowest BCUT2D eigenvalue weighted by molar-refractivity contribution is -0.137. The second kappa shape index (κ2) is 12.8. The molecule has 0 spiro atoms. The second-order valence-corrected chi connectivity index (χ2v) is 10.1. The predicted octanol–water partition coefficient (Wildman–Crippen LogP) is 3.99. The van der Waals surface area contributed by atoms with E-state index >= 15 is 0 Å². The van der Waals surface area contributed by atoms with Crippen LogP contribution in [0.15, 0.2) is 24.4 Å². The standard InChI is InChI=1S/C27H38F3N7O2/c1-4-20-16-21(37-12-11-35(3)18-19(37)2)6-7-23(20)33-26-32-17-22(27(28,29)30)25(34-26)31-9-5-10-36-13-15-39-14-8-24(36)38/h6-7,16-17,19H,4-5,8-15,18H2,1-3H3,(H2,31,32,33,34)/t19-/m1/s1. The molecule has 3 heterocycles. The van der Waals surface area contributed by atoms with Crippen LogP contribution >= 0.6 is 0 Å². The van der Waals surface area contributed by atoms with Crippen molar-refractivity contribution < 1.29 is 22.7 Å². The van der Waals surface area contributed by atoms with Crippen molar-refractivity contribution in [2.45, 2.75) is 45.3 Å². The van der Waals surface area contributed by atoms with Crippen molar-refractivity contribution in [3.63, 3.8) is 0 Å². The van der Waals surface area contributed by atoms with E-state index in [-0.39, 0.29) is 24.2 Å². The van der Waals surface area contributed by atoms with Crippen LogP contribution in [0.3, 0.4) is 0 Å². The van der Waals surface area contributed by atoms with Crippen LogP contribution in [0.4, 0.5) is 36.3 Å². The zero-order valence-electron chi connectivity index (χ0n) is 22.9. The van der Waals surface area contributed by atoms with Gasteiger partial charge in [-0.3, -0.25) is 4.79 Å². The molecule has 1 amide bonds. The third-order valence-electron chi connectivity index (χ3n) is 7.19. The predicted molar refractivity (Wildman–Crippen MR) is 146 cm³/mol. The summed E-state index contributed by atoms with van der Waals surface area (Å²) in [7, 11) is 2.12. The average molecular weight is 550 g/mol. The molecule has 1 aromatic carbocycles. The summed E-state index contributed by atoms with van der Waals surface area (Å²) in [5, 5.41) is 5.94. The zero-order chi connectivity index (χ0) is 28.0. The molecule has 0 aliphatic carbocycles. The van der Waals surface area contributed by atoms with E-state index < -0.39 is 11.7 Å². The summed E-state index contributed by atoms with van der Waals surface area (Å²) in [5.41, 5.74) is 1.99. The summed E-state index contributed by atoms with van der Waals surface area (Å²) in [6, 6.07) is 6.48. The number of nitrogens with one attached hydrogen (secondary N) is 2. The number of rotatable bonds is 9. The fraction of sp³-hybridized carbons (Fsp3) is 0.593. The highest BCUT2D eigenvalue weighted by atomic mass is 19.4. The fourth-order valence-electron chi connectivity index (χ4n) is 5.03.